The summed E-state index contributed by atoms with van der Waals surface area (Å²) in [6.07, 6.45) is 0. The molecule has 0 saturated heterocycles. The van der Waals surface area contributed by atoms with Crippen molar-refractivity contribution in [1.29, 1.82) is 0 Å². The van der Waals surface area contributed by atoms with Gasteiger partial charge in [0.15, 0.2) is 0 Å². The van der Waals surface area contributed by atoms with Gasteiger partial charge in [0, 0.05) is 6.07 Å². The van der Waals surface area contributed by atoms with E-state index in [0.29, 0.717) is 13.2 Å². The van der Waals surface area contributed by atoms with Crippen molar-refractivity contribution in [3.05, 3.63) is 24.3 Å². The SMILES string of the molecule is CCOc1cccc(OCC(Cl)Br)c1. The van der Waals surface area contributed by atoms with Gasteiger partial charge in [-0.15, -0.1) is 11.6 Å². The molecule has 0 amide bonds. The van der Waals surface area contributed by atoms with Crippen molar-refractivity contribution in [2.45, 2.75) is 11.2 Å². The summed E-state index contributed by atoms with van der Waals surface area (Å²) in [7, 11) is 0. The molecular formula is C10H12BrClO2. The van der Waals surface area contributed by atoms with Crippen LogP contribution in [-0.4, -0.2) is 17.5 Å². The van der Waals surface area contributed by atoms with Crippen LogP contribution in [0.4, 0.5) is 0 Å². The third kappa shape index (κ3) is 4.20. The number of hydrogen-bond donors (Lipinski definition) is 0. The van der Waals surface area contributed by atoms with E-state index in [1.807, 2.05) is 31.2 Å². The Kier molecular flexibility index (Phi) is 5.12. The second kappa shape index (κ2) is 6.14. The van der Waals surface area contributed by atoms with E-state index in [0.717, 1.165) is 11.5 Å². The molecule has 0 N–H and O–H groups in total. The smallest absolute Gasteiger partial charge is 0.123 e. The van der Waals surface area contributed by atoms with E-state index < -0.39 is 0 Å². The molecule has 1 rings (SSSR count). The number of ether oxygens (including phenoxy) is 2. The van der Waals surface area contributed by atoms with Crippen LogP contribution in [0.25, 0.3) is 0 Å². The lowest BCUT2D eigenvalue weighted by molar-refractivity contribution is 0.322. The minimum atomic E-state index is -0.168. The highest BCUT2D eigenvalue weighted by atomic mass is 79.9. The van der Waals surface area contributed by atoms with Crippen LogP contribution in [0, 0.1) is 0 Å². The molecule has 0 spiro atoms. The quantitative estimate of drug-likeness (QED) is 0.769. The molecule has 0 aliphatic rings. The Bertz CT molecular complexity index is 279. The molecule has 0 heterocycles. The minimum Gasteiger partial charge on any atom is -0.494 e. The minimum absolute atomic E-state index is 0.168. The summed E-state index contributed by atoms with van der Waals surface area (Å²) >= 11 is 8.88. The molecule has 1 unspecified atom stereocenters. The lowest BCUT2D eigenvalue weighted by Crippen LogP contribution is -2.04. The number of benzene rings is 1. The van der Waals surface area contributed by atoms with Gasteiger partial charge >= 0.3 is 0 Å². The van der Waals surface area contributed by atoms with Gasteiger partial charge in [-0.25, -0.2) is 0 Å². The highest BCUT2D eigenvalue weighted by molar-refractivity contribution is 9.10. The summed E-state index contributed by atoms with van der Waals surface area (Å²) in [5, 5.41) is 0. The summed E-state index contributed by atoms with van der Waals surface area (Å²) < 4.78 is 10.6. The van der Waals surface area contributed by atoms with Crippen molar-refractivity contribution in [2.24, 2.45) is 0 Å². The number of hydrogen-bond acceptors (Lipinski definition) is 2. The molecule has 78 valence electrons. The number of rotatable bonds is 5. The van der Waals surface area contributed by atoms with E-state index in [4.69, 9.17) is 21.1 Å². The maximum Gasteiger partial charge on any atom is 0.123 e. The third-order valence-electron chi connectivity index (χ3n) is 1.49. The first-order valence-electron chi connectivity index (χ1n) is 4.36. The van der Waals surface area contributed by atoms with Crippen molar-refractivity contribution in [3.8, 4) is 11.5 Å². The molecule has 1 aromatic rings. The molecule has 1 atom stereocenters. The third-order valence-corrected chi connectivity index (χ3v) is 1.88. The van der Waals surface area contributed by atoms with Gasteiger partial charge < -0.3 is 9.47 Å². The summed E-state index contributed by atoms with van der Waals surface area (Å²) in [6.45, 7) is 3.03. The lowest BCUT2D eigenvalue weighted by atomic mass is 10.3. The normalized spacial score (nSPS) is 12.2. The second-order valence-corrected chi connectivity index (χ2v) is 4.77. The molecule has 0 bridgehead atoms. The molecule has 0 aromatic heterocycles. The molecule has 0 aliphatic heterocycles. The fraction of sp³-hybridized carbons (Fsp3) is 0.400. The summed E-state index contributed by atoms with van der Waals surface area (Å²) in [6, 6.07) is 7.49. The van der Waals surface area contributed by atoms with Crippen LogP contribution in [0.3, 0.4) is 0 Å². The average Bonchev–Trinajstić information content (AvgIpc) is 2.16. The predicted octanol–water partition coefficient (Wildman–Crippen LogP) is 3.42. The average molecular weight is 280 g/mol. The zero-order chi connectivity index (χ0) is 10.4. The van der Waals surface area contributed by atoms with E-state index in [1.54, 1.807) is 0 Å². The first-order chi connectivity index (χ1) is 6.72. The molecule has 4 heteroatoms. The molecule has 1 aromatic carbocycles. The van der Waals surface area contributed by atoms with Crippen LogP contribution < -0.4 is 9.47 Å². The maximum absolute atomic E-state index is 5.69. The highest BCUT2D eigenvalue weighted by Gasteiger charge is 2.01. The Morgan fingerprint density at radius 1 is 1.36 bits per heavy atom. The largest absolute Gasteiger partial charge is 0.494 e. The van der Waals surface area contributed by atoms with E-state index in [-0.39, 0.29) is 4.29 Å². The maximum atomic E-state index is 5.69. The predicted molar refractivity (Wildman–Crippen MR) is 61.7 cm³/mol. The summed E-state index contributed by atoms with van der Waals surface area (Å²) in [5.74, 6) is 1.58. The van der Waals surface area contributed by atoms with Gasteiger partial charge in [-0.2, -0.15) is 0 Å². The molecular weight excluding hydrogens is 267 g/mol. The van der Waals surface area contributed by atoms with Crippen LogP contribution in [0.5, 0.6) is 11.5 Å². The Hall–Kier alpha value is -0.410. The monoisotopic (exact) mass is 278 g/mol. The number of halogens is 2. The van der Waals surface area contributed by atoms with E-state index in [2.05, 4.69) is 15.9 Å². The van der Waals surface area contributed by atoms with Gasteiger partial charge in [0.25, 0.3) is 0 Å². The Morgan fingerprint density at radius 2 is 2.00 bits per heavy atom. The van der Waals surface area contributed by atoms with Gasteiger partial charge in [-0.1, -0.05) is 22.0 Å². The fourth-order valence-corrected chi connectivity index (χ4v) is 1.17. The van der Waals surface area contributed by atoms with Crippen LogP contribution in [0.1, 0.15) is 6.92 Å². The molecule has 14 heavy (non-hydrogen) atoms. The Balaban J connectivity index is 2.54. The topological polar surface area (TPSA) is 18.5 Å². The molecule has 0 saturated carbocycles. The number of alkyl halides is 2. The standard InChI is InChI=1S/C10H12BrClO2/c1-2-13-8-4-3-5-9(6-8)14-7-10(11)12/h3-6,10H,2,7H2,1H3. The molecule has 0 fully saturated rings. The molecule has 2 nitrogen and oxygen atoms in total. The van der Waals surface area contributed by atoms with Crippen molar-refractivity contribution >= 4 is 27.5 Å². The van der Waals surface area contributed by atoms with Gasteiger partial charge in [-0.05, 0) is 19.1 Å². The second-order valence-electron chi connectivity index (χ2n) is 2.61. The lowest BCUT2D eigenvalue weighted by Gasteiger charge is -2.08. The van der Waals surface area contributed by atoms with E-state index in [9.17, 15) is 0 Å². The van der Waals surface area contributed by atoms with Crippen molar-refractivity contribution < 1.29 is 9.47 Å². The van der Waals surface area contributed by atoms with Crippen LogP contribution in [0.2, 0.25) is 0 Å². The van der Waals surface area contributed by atoms with Gasteiger partial charge in [0.1, 0.15) is 22.4 Å². The van der Waals surface area contributed by atoms with Gasteiger partial charge in [0.05, 0.1) is 6.61 Å². The van der Waals surface area contributed by atoms with E-state index in [1.165, 1.54) is 0 Å². The Labute approximate surface area is 97.3 Å². The summed E-state index contributed by atoms with van der Waals surface area (Å²) in [4.78, 5) is 0. The van der Waals surface area contributed by atoms with Gasteiger partial charge in [0.2, 0.25) is 0 Å². The van der Waals surface area contributed by atoms with Crippen molar-refractivity contribution in [2.75, 3.05) is 13.2 Å². The first-order valence-corrected chi connectivity index (χ1v) is 5.71. The first kappa shape index (κ1) is 11.7. The van der Waals surface area contributed by atoms with Crippen LogP contribution >= 0.6 is 27.5 Å². The van der Waals surface area contributed by atoms with Crippen molar-refractivity contribution in [1.82, 2.24) is 0 Å². The zero-order valence-corrected chi connectivity index (χ0v) is 10.2. The van der Waals surface area contributed by atoms with Gasteiger partial charge in [-0.3, -0.25) is 0 Å². The van der Waals surface area contributed by atoms with Crippen LogP contribution in [0.15, 0.2) is 24.3 Å². The molecule has 0 aliphatic carbocycles. The highest BCUT2D eigenvalue weighted by Crippen LogP contribution is 2.20. The zero-order valence-electron chi connectivity index (χ0n) is 7.87. The summed E-state index contributed by atoms with van der Waals surface area (Å²) in [5.41, 5.74) is 0. The van der Waals surface area contributed by atoms with E-state index >= 15 is 0 Å². The Morgan fingerprint density at radius 3 is 2.57 bits per heavy atom. The molecule has 0 radical (unpaired) electrons. The van der Waals surface area contributed by atoms with Crippen LogP contribution in [-0.2, 0) is 0 Å². The van der Waals surface area contributed by atoms with Crippen molar-refractivity contribution in [3.63, 3.8) is 0 Å². The fourth-order valence-electron chi connectivity index (χ4n) is 0.980.